The van der Waals surface area contributed by atoms with E-state index in [1.807, 2.05) is 31.2 Å². The molecule has 0 saturated carbocycles. The molecule has 2 rings (SSSR count). The molecule has 5 nitrogen and oxygen atoms in total. The van der Waals surface area contributed by atoms with E-state index in [4.69, 9.17) is 4.74 Å². The van der Waals surface area contributed by atoms with Gasteiger partial charge in [-0.25, -0.2) is 9.78 Å². The Hall–Kier alpha value is -2.08. The van der Waals surface area contributed by atoms with Gasteiger partial charge in [0.2, 0.25) is 0 Å². The van der Waals surface area contributed by atoms with E-state index in [1.165, 1.54) is 0 Å². The Bertz CT molecular complexity index is 598. The number of aromatic nitrogens is 1. The maximum Gasteiger partial charge on any atom is 0.319 e. The zero-order valence-electron chi connectivity index (χ0n) is 12.2. The molecule has 6 heteroatoms. The largest absolute Gasteiger partial charge is 0.494 e. The van der Waals surface area contributed by atoms with Gasteiger partial charge in [-0.1, -0.05) is 13.0 Å². The second-order valence-electron chi connectivity index (χ2n) is 4.53. The van der Waals surface area contributed by atoms with Gasteiger partial charge in [-0.15, -0.1) is 11.3 Å². The highest BCUT2D eigenvalue weighted by Gasteiger charge is 2.04. The summed E-state index contributed by atoms with van der Waals surface area (Å²) in [6, 6.07) is 7.13. The average molecular weight is 305 g/mol. The Morgan fingerprint density at radius 3 is 3.00 bits per heavy atom. The first-order valence-electron chi connectivity index (χ1n) is 6.86. The van der Waals surface area contributed by atoms with Crippen molar-refractivity contribution < 1.29 is 9.53 Å². The van der Waals surface area contributed by atoms with Crippen LogP contribution in [0.2, 0.25) is 0 Å². The van der Waals surface area contributed by atoms with Gasteiger partial charge in [-0.05, 0) is 25.5 Å². The number of nitrogens with one attached hydrogen (secondary N) is 2. The zero-order valence-corrected chi connectivity index (χ0v) is 13.0. The molecule has 0 aliphatic heterocycles. The van der Waals surface area contributed by atoms with E-state index in [1.54, 1.807) is 17.5 Å². The van der Waals surface area contributed by atoms with E-state index < -0.39 is 0 Å². The molecular formula is C15H19N3O2S. The van der Waals surface area contributed by atoms with Crippen LogP contribution < -0.4 is 15.4 Å². The first kappa shape index (κ1) is 15.3. The van der Waals surface area contributed by atoms with Crippen molar-refractivity contribution in [3.8, 4) is 5.75 Å². The fourth-order valence-corrected chi connectivity index (χ4v) is 2.45. The van der Waals surface area contributed by atoms with Crippen LogP contribution in [-0.2, 0) is 6.54 Å². The summed E-state index contributed by atoms with van der Waals surface area (Å²) in [5.41, 5.74) is 0.710. The van der Waals surface area contributed by atoms with E-state index in [0.29, 0.717) is 18.8 Å². The third-order valence-corrected chi connectivity index (χ3v) is 3.57. The number of amides is 2. The maximum absolute atomic E-state index is 11.8. The molecule has 0 fully saturated rings. The lowest BCUT2D eigenvalue weighted by Gasteiger charge is -2.09. The smallest absolute Gasteiger partial charge is 0.319 e. The molecule has 0 bridgehead atoms. The number of urea groups is 1. The second-order valence-corrected chi connectivity index (χ2v) is 5.85. The summed E-state index contributed by atoms with van der Waals surface area (Å²) in [7, 11) is 0. The highest BCUT2D eigenvalue weighted by molar-refractivity contribution is 7.11. The van der Waals surface area contributed by atoms with Crippen molar-refractivity contribution in [2.45, 2.75) is 26.8 Å². The predicted molar refractivity (Wildman–Crippen MR) is 84.9 cm³/mol. The molecule has 1 aromatic heterocycles. The number of carbonyl (C=O) groups is 1. The lowest BCUT2D eigenvalue weighted by Crippen LogP contribution is -2.27. The average Bonchev–Trinajstić information content (AvgIpc) is 2.89. The number of carbonyl (C=O) groups excluding carboxylic acids is 1. The summed E-state index contributed by atoms with van der Waals surface area (Å²) < 4.78 is 5.53. The number of benzene rings is 1. The van der Waals surface area contributed by atoms with Crippen molar-refractivity contribution in [1.29, 1.82) is 0 Å². The van der Waals surface area contributed by atoms with E-state index >= 15 is 0 Å². The molecule has 2 amide bonds. The molecule has 0 aliphatic carbocycles. The van der Waals surface area contributed by atoms with Crippen LogP contribution in [0.4, 0.5) is 10.5 Å². The fraction of sp³-hybridized carbons (Fsp3) is 0.333. The van der Waals surface area contributed by atoms with Gasteiger partial charge in [0.05, 0.1) is 18.2 Å². The standard InChI is InChI=1S/C15H19N3O2S/c1-3-7-20-13-6-4-5-12(8-13)18-15(19)17-10-14-9-16-11(2)21-14/h4-6,8-9H,3,7,10H2,1-2H3,(H2,17,18,19). The van der Waals surface area contributed by atoms with Gasteiger partial charge in [0, 0.05) is 22.8 Å². The molecule has 0 spiro atoms. The number of rotatable bonds is 6. The molecule has 0 aliphatic rings. The van der Waals surface area contributed by atoms with Gasteiger partial charge >= 0.3 is 6.03 Å². The third-order valence-electron chi connectivity index (χ3n) is 2.66. The molecule has 1 heterocycles. The number of ether oxygens (including phenoxy) is 1. The fourth-order valence-electron chi connectivity index (χ4n) is 1.71. The van der Waals surface area contributed by atoms with Crippen molar-refractivity contribution in [1.82, 2.24) is 10.3 Å². The molecule has 0 atom stereocenters. The van der Waals surface area contributed by atoms with Crippen molar-refractivity contribution in [2.24, 2.45) is 0 Å². The Morgan fingerprint density at radius 1 is 1.43 bits per heavy atom. The van der Waals surface area contributed by atoms with Crippen LogP contribution in [0.25, 0.3) is 0 Å². The predicted octanol–water partition coefficient (Wildman–Crippen LogP) is 3.56. The van der Waals surface area contributed by atoms with E-state index in [0.717, 1.165) is 22.1 Å². The Morgan fingerprint density at radius 2 is 2.29 bits per heavy atom. The van der Waals surface area contributed by atoms with Gasteiger partial charge in [-0.3, -0.25) is 0 Å². The number of nitrogens with zero attached hydrogens (tertiary/aromatic N) is 1. The normalized spacial score (nSPS) is 10.2. The number of hydrogen-bond donors (Lipinski definition) is 2. The van der Waals surface area contributed by atoms with Crippen LogP contribution in [0, 0.1) is 6.92 Å². The molecule has 0 saturated heterocycles. The van der Waals surface area contributed by atoms with Crippen LogP contribution >= 0.6 is 11.3 Å². The Kier molecular flexibility index (Phi) is 5.57. The quantitative estimate of drug-likeness (QED) is 0.857. The molecule has 0 unspecified atom stereocenters. The summed E-state index contributed by atoms with van der Waals surface area (Å²) in [6.45, 7) is 5.14. The summed E-state index contributed by atoms with van der Waals surface area (Å²) in [6.07, 6.45) is 2.73. The van der Waals surface area contributed by atoms with Crippen molar-refractivity contribution in [3.05, 3.63) is 40.3 Å². The molecule has 21 heavy (non-hydrogen) atoms. The minimum atomic E-state index is -0.242. The number of thiazole rings is 1. The highest BCUT2D eigenvalue weighted by Crippen LogP contribution is 2.17. The Balaban J connectivity index is 1.84. The van der Waals surface area contributed by atoms with Gasteiger partial charge in [0.1, 0.15) is 5.75 Å². The van der Waals surface area contributed by atoms with Crippen LogP contribution in [-0.4, -0.2) is 17.6 Å². The van der Waals surface area contributed by atoms with E-state index in [2.05, 4.69) is 22.5 Å². The highest BCUT2D eigenvalue weighted by atomic mass is 32.1. The van der Waals surface area contributed by atoms with Gasteiger partial charge < -0.3 is 15.4 Å². The van der Waals surface area contributed by atoms with Crippen molar-refractivity contribution >= 4 is 23.1 Å². The molecule has 2 N–H and O–H groups in total. The summed E-state index contributed by atoms with van der Waals surface area (Å²) in [5, 5.41) is 6.59. The first-order chi connectivity index (χ1) is 10.2. The number of anilines is 1. The summed E-state index contributed by atoms with van der Waals surface area (Å²) in [5.74, 6) is 0.757. The van der Waals surface area contributed by atoms with Crippen LogP contribution in [0.5, 0.6) is 5.75 Å². The van der Waals surface area contributed by atoms with E-state index in [9.17, 15) is 4.79 Å². The monoisotopic (exact) mass is 305 g/mol. The second kappa shape index (κ2) is 7.64. The van der Waals surface area contributed by atoms with Gasteiger partial charge in [0.15, 0.2) is 0 Å². The molecular weight excluding hydrogens is 286 g/mol. The molecule has 112 valence electrons. The lowest BCUT2D eigenvalue weighted by molar-refractivity contribution is 0.252. The topological polar surface area (TPSA) is 63.2 Å². The SMILES string of the molecule is CCCOc1cccc(NC(=O)NCc2cnc(C)s2)c1. The lowest BCUT2D eigenvalue weighted by atomic mass is 10.3. The zero-order chi connectivity index (χ0) is 15.1. The van der Waals surface area contributed by atoms with Gasteiger partial charge in [-0.2, -0.15) is 0 Å². The van der Waals surface area contributed by atoms with Crippen LogP contribution in [0.1, 0.15) is 23.2 Å². The summed E-state index contributed by atoms with van der Waals surface area (Å²) >= 11 is 1.57. The van der Waals surface area contributed by atoms with Crippen molar-refractivity contribution in [2.75, 3.05) is 11.9 Å². The summed E-state index contributed by atoms with van der Waals surface area (Å²) in [4.78, 5) is 17.0. The maximum atomic E-state index is 11.8. The first-order valence-corrected chi connectivity index (χ1v) is 7.68. The molecule has 2 aromatic rings. The van der Waals surface area contributed by atoms with E-state index in [-0.39, 0.29) is 6.03 Å². The van der Waals surface area contributed by atoms with Crippen LogP contribution in [0.3, 0.4) is 0 Å². The molecule has 0 radical (unpaired) electrons. The third kappa shape index (κ3) is 5.07. The van der Waals surface area contributed by atoms with Crippen LogP contribution in [0.15, 0.2) is 30.5 Å². The number of hydrogen-bond acceptors (Lipinski definition) is 4. The Labute approximate surface area is 128 Å². The van der Waals surface area contributed by atoms with Crippen molar-refractivity contribution in [3.63, 3.8) is 0 Å². The van der Waals surface area contributed by atoms with Gasteiger partial charge in [0.25, 0.3) is 0 Å². The number of aryl methyl sites for hydroxylation is 1. The molecule has 1 aromatic carbocycles. The minimum absolute atomic E-state index is 0.242. The minimum Gasteiger partial charge on any atom is -0.494 e.